The van der Waals surface area contributed by atoms with Crippen molar-refractivity contribution in [2.75, 3.05) is 20.3 Å². The number of carbonyl (C=O) groups is 1. The van der Waals surface area contributed by atoms with E-state index in [0.717, 1.165) is 11.3 Å². The second kappa shape index (κ2) is 10.0. The molecule has 0 spiro atoms. The number of methoxy groups -OCH3 is 1. The van der Waals surface area contributed by atoms with Gasteiger partial charge in [0.1, 0.15) is 0 Å². The van der Waals surface area contributed by atoms with Crippen molar-refractivity contribution < 1.29 is 14.5 Å². The van der Waals surface area contributed by atoms with Gasteiger partial charge in [0.25, 0.3) is 11.6 Å². The van der Waals surface area contributed by atoms with Crippen LogP contribution in [0.15, 0.2) is 66.9 Å². The quantitative estimate of drug-likeness (QED) is 0.375. The van der Waals surface area contributed by atoms with E-state index >= 15 is 0 Å². The highest BCUT2D eigenvalue weighted by molar-refractivity contribution is 6.31. The number of non-ortho nitro benzene ring substituents is 1. The van der Waals surface area contributed by atoms with E-state index in [0.29, 0.717) is 31.3 Å². The lowest BCUT2D eigenvalue weighted by atomic mass is 10.1. The van der Waals surface area contributed by atoms with Crippen LogP contribution >= 0.6 is 11.6 Å². The molecular weight excluding hydrogens is 406 g/mol. The number of nitro benzene ring substituents is 1. The van der Waals surface area contributed by atoms with Gasteiger partial charge in [0.15, 0.2) is 0 Å². The van der Waals surface area contributed by atoms with Crippen LogP contribution in [-0.2, 0) is 17.8 Å². The highest BCUT2D eigenvalue weighted by atomic mass is 35.5. The van der Waals surface area contributed by atoms with Crippen LogP contribution in [0.5, 0.6) is 0 Å². The third-order valence-corrected chi connectivity index (χ3v) is 5.10. The molecule has 3 rings (SSSR count). The monoisotopic (exact) mass is 427 g/mol. The molecule has 156 valence electrons. The summed E-state index contributed by atoms with van der Waals surface area (Å²) in [4.78, 5) is 25.3. The minimum atomic E-state index is -0.509. The van der Waals surface area contributed by atoms with Crippen LogP contribution in [0.3, 0.4) is 0 Å². The first kappa shape index (κ1) is 21.5. The van der Waals surface area contributed by atoms with Crippen molar-refractivity contribution in [3.8, 4) is 0 Å². The maximum atomic E-state index is 13.1. The Hall–Kier alpha value is -3.16. The molecule has 0 atom stereocenters. The molecule has 0 aliphatic rings. The van der Waals surface area contributed by atoms with Crippen LogP contribution in [-0.4, -0.2) is 40.6 Å². The number of carbonyl (C=O) groups excluding carboxylic acids is 1. The molecule has 0 bridgehead atoms. The largest absolute Gasteiger partial charge is 0.383 e. The third kappa shape index (κ3) is 5.25. The molecular formula is C22H22ClN3O4. The fraction of sp³-hybridized carbons (Fsp3) is 0.227. The van der Waals surface area contributed by atoms with Gasteiger partial charge in [-0.15, -0.1) is 0 Å². The number of aromatic nitrogens is 1. The van der Waals surface area contributed by atoms with Gasteiger partial charge in [-0.2, -0.15) is 0 Å². The Balaban J connectivity index is 1.83. The number of nitrogens with zero attached hydrogens (tertiary/aromatic N) is 3. The summed E-state index contributed by atoms with van der Waals surface area (Å²) < 4.78 is 7.18. The van der Waals surface area contributed by atoms with E-state index in [1.807, 2.05) is 47.2 Å². The number of amides is 1. The lowest BCUT2D eigenvalue weighted by Crippen LogP contribution is -2.34. The van der Waals surface area contributed by atoms with Gasteiger partial charge in [0.2, 0.25) is 0 Å². The molecule has 0 aliphatic heterocycles. The van der Waals surface area contributed by atoms with Gasteiger partial charge in [0, 0.05) is 54.8 Å². The summed E-state index contributed by atoms with van der Waals surface area (Å²) in [6.07, 6.45) is 1.94. The summed E-state index contributed by atoms with van der Waals surface area (Å²) >= 11 is 6.29. The van der Waals surface area contributed by atoms with Crippen molar-refractivity contribution >= 4 is 23.2 Å². The molecule has 0 unspecified atom stereocenters. The molecule has 0 radical (unpaired) electrons. The fourth-order valence-corrected chi connectivity index (χ4v) is 3.34. The van der Waals surface area contributed by atoms with Crippen LogP contribution in [0.1, 0.15) is 21.6 Å². The van der Waals surface area contributed by atoms with E-state index in [1.54, 1.807) is 18.1 Å². The molecule has 30 heavy (non-hydrogen) atoms. The van der Waals surface area contributed by atoms with Gasteiger partial charge in [0.05, 0.1) is 18.1 Å². The molecule has 1 heterocycles. The van der Waals surface area contributed by atoms with E-state index in [2.05, 4.69) is 0 Å². The number of benzene rings is 2. The molecule has 0 saturated carbocycles. The zero-order chi connectivity index (χ0) is 21.5. The van der Waals surface area contributed by atoms with E-state index in [9.17, 15) is 14.9 Å². The number of hydrogen-bond acceptors (Lipinski definition) is 4. The number of rotatable bonds is 9. The summed E-state index contributed by atoms with van der Waals surface area (Å²) in [5.41, 5.74) is 2.05. The van der Waals surface area contributed by atoms with Crippen molar-refractivity contribution in [2.24, 2.45) is 0 Å². The minimum Gasteiger partial charge on any atom is -0.383 e. The zero-order valence-corrected chi connectivity index (χ0v) is 17.3. The summed E-state index contributed by atoms with van der Waals surface area (Å²) in [6, 6.07) is 17.2. The molecule has 0 N–H and O–H groups in total. The Kier molecular flexibility index (Phi) is 7.21. The van der Waals surface area contributed by atoms with Gasteiger partial charge in [-0.25, -0.2) is 0 Å². The van der Waals surface area contributed by atoms with Crippen LogP contribution in [0.25, 0.3) is 0 Å². The topological polar surface area (TPSA) is 77.6 Å². The number of ether oxygens (including phenoxy) is 1. The van der Waals surface area contributed by atoms with Crippen LogP contribution < -0.4 is 0 Å². The summed E-state index contributed by atoms with van der Waals surface area (Å²) in [7, 11) is 1.57. The molecule has 0 aliphatic carbocycles. The Morgan fingerprint density at radius 3 is 2.70 bits per heavy atom. The van der Waals surface area contributed by atoms with Gasteiger partial charge < -0.3 is 14.2 Å². The number of nitro groups is 1. The Labute approximate surface area is 179 Å². The van der Waals surface area contributed by atoms with Crippen LogP contribution in [0.2, 0.25) is 5.02 Å². The first-order valence-corrected chi connectivity index (χ1v) is 9.77. The van der Waals surface area contributed by atoms with E-state index in [1.165, 1.54) is 18.2 Å². The van der Waals surface area contributed by atoms with E-state index in [-0.39, 0.29) is 17.2 Å². The van der Waals surface area contributed by atoms with Crippen LogP contribution in [0, 0.1) is 10.1 Å². The highest BCUT2D eigenvalue weighted by Gasteiger charge is 2.20. The van der Waals surface area contributed by atoms with E-state index in [4.69, 9.17) is 16.3 Å². The third-order valence-electron chi connectivity index (χ3n) is 4.73. The first-order chi connectivity index (χ1) is 14.5. The zero-order valence-electron chi connectivity index (χ0n) is 16.5. The Bertz CT molecular complexity index is 1030. The molecule has 7 nitrogen and oxygen atoms in total. The van der Waals surface area contributed by atoms with Crippen molar-refractivity contribution in [3.05, 3.63) is 98.8 Å². The smallest absolute Gasteiger partial charge is 0.270 e. The van der Waals surface area contributed by atoms with Crippen LogP contribution in [0.4, 0.5) is 5.69 Å². The standard InChI is InChI=1S/C22H22ClN3O4/c1-30-13-12-25(22(27)17-7-4-8-19(14-17)26(28)29)16-20-9-5-11-24(20)15-18-6-2-3-10-21(18)23/h2-11,14H,12-13,15-16H2,1H3. The fourth-order valence-electron chi connectivity index (χ4n) is 3.14. The second-order valence-electron chi connectivity index (χ2n) is 6.75. The average molecular weight is 428 g/mol. The van der Waals surface area contributed by atoms with E-state index < -0.39 is 4.92 Å². The number of halogens is 1. The van der Waals surface area contributed by atoms with Gasteiger partial charge in [-0.05, 0) is 29.8 Å². The Morgan fingerprint density at radius 2 is 1.97 bits per heavy atom. The molecule has 1 aromatic heterocycles. The average Bonchev–Trinajstić information content (AvgIpc) is 3.19. The molecule has 0 fully saturated rings. The van der Waals surface area contributed by atoms with Crippen molar-refractivity contribution in [3.63, 3.8) is 0 Å². The first-order valence-electron chi connectivity index (χ1n) is 9.39. The summed E-state index contributed by atoms with van der Waals surface area (Å²) in [6.45, 7) is 1.62. The molecule has 1 amide bonds. The molecule has 2 aromatic carbocycles. The van der Waals surface area contributed by atoms with Crippen molar-refractivity contribution in [1.82, 2.24) is 9.47 Å². The molecule has 3 aromatic rings. The normalized spacial score (nSPS) is 10.7. The highest BCUT2D eigenvalue weighted by Crippen LogP contribution is 2.20. The summed E-state index contributed by atoms with van der Waals surface area (Å²) in [5, 5.41) is 11.7. The van der Waals surface area contributed by atoms with Gasteiger partial charge >= 0.3 is 0 Å². The molecule has 0 saturated heterocycles. The Morgan fingerprint density at radius 1 is 1.17 bits per heavy atom. The lowest BCUT2D eigenvalue weighted by Gasteiger charge is -2.23. The lowest BCUT2D eigenvalue weighted by molar-refractivity contribution is -0.384. The predicted molar refractivity (Wildman–Crippen MR) is 115 cm³/mol. The predicted octanol–water partition coefficient (Wildman–Crippen LogP) is 4.39. The van der Waals surface area contributed by atoms with Gasteiger partial charge in [-0.3, -0.25) is 14.9 Å². The SMILES string of the molecule is COCCN(Cc1cccn1Cc1ccccc1Cl)C(=O)c1cccc([N+](=O)[O-])c1. The van der Waals surface area contributed by atoms with Crippen molar-refractivity contribution in [1.29, 1.82) is 0 Å². The second-order valence-corrected chi connectivity index (χ2v) is 7.15. The number of hydrogen-bond donors (Lipinski definition) is 0. The minimum absolute atomic E-state index is 0.116. The maximum absolute atomic E-state index is 13.1. The summed E-state index contributed by atoms with van der Waals surface area (Å²) in [5.74, 6) is -0.291. The van der Waals surface area contributed by atoms with Crippen molar-refractivity contribution in [2.45, 2.75) is 13.1 Å². The van der Waals surface area contributed by atoms with Gasteiger partial charge in [-0.1, -0.05) is 35.9 Å². The molecule has 8 heteroatoms. The maximum Gasteiger partial charge on any atom is 0.270 e.